The summed E-state index contributed by atoms with van der Waals surface area (Å²) < 4.78 is 38.5. The SMILES string of the molecule is CC1(C)C(=O)NC(=S)N2C(=O)CC(C(=O)Nc3cccc(C(F)(F)F)c3)N21. The number of benzene rings is 1. The van der Waals surface area contributed by atoms with Crippen LogP contribution >= 0.6 is 12.2 Å². The largest absolute Gasteiger partial charge is 0.416 e. The maximum Gasteiger partial charge on any atom is 0.416 e. The van der Waals surface area contributed by atoms with Crippen molar-refractivity contribution in [2.75, 3.05) is 5.32 Å². The van der Waals surface area contributed by atoms with Crippen molar-refractivity contribution in [3.05, 3.63) is 29.8 Å². The average Bonchev–Trinajstić information content (AvgIpc) is 2.92. The molecule has 0 spiro atoms. The maximum atomic E-state index is 12.8. The van der Waals surface area contributed by atoms with Crippen molar-refractivity contribution in [1.82, 2.24) is 15.3 Å². The molecule has 3 amide bonds. The highest BCUT2D eigenvalue weighted by Gasteiger charge is 2.56. The molecule has 0 saturated carbocycles. The normalized spacial score (nSPS) is 22.5. The first-order valence-electron chi connectivity index (χ1n) is 7.88. The van der Waals surface area contributed by atoms with E-state index in [9.17, 15) is 27.6 Å². The molecule has 2 aliphatic rings. The lowest BCUT2D eigenvalue weighted by molar-refractivity contribution is -0.154. The molecule has 0 bridgehead atoms. The summed E-state index contributed by atoms with van der Waals surface area (Å²) in [6, 6.07) is 3.06. The molecule has 2 heterocycles. The molecule has 2 aliphatic heterocycles. The molecule has 3 rings (SSSR count). The number of nitrogens with one attached hydrogen (secondary N) is 2. The van der Waals surface area contributed by atoms with E-state index in [0.29, 0.717) is 0 Å². The van der Waals surface area contributed by atoms with Crippen molar-refractivity contribution < 1.29 is 27.6 Å². The molecule has 2 N–H and O–H groups in total. The van der Waals surface area contributed by atoms with E-state index in [0.717, 1.165) is 23.2 Å². The first-order chi connectivity index (χ1) is 12.4. The highest BCUT2D eigenvalue weighted by atomic mass is 32.1. The molecular weight excluding hydrogens is 385 g/mol. The number of amides is 3. The van der Waals surface area contributed by atoms with Crippen molar-refractivity contribution in [3.63, 3.8) is 0 Å². The number of halogens is 3. The summed E-state index contributed by atoms with van der Waals surface area (Å²) in [6.45, 7) is 3.03. The molecule has 1 aromatic carbocycles. The summed E-state index contributed by atoms with van der Waals surface area (Å²) in [7, 11) is 0. The molecule has 1 atom stereocenters. The topological polar surface area (TPSA) is 81.8 Å². The minimum Gasteiger partial charge on any atom is -0.325 e. The van der Waals surface area contributed by atoms with Crippen LogP contribution < -0.4 is 10.6 Å². The number of alkyl halides is 3. The van der Waals surface area contributed by atoms with Crippen LogP contribution in [0.1, 0.15) is 25.8 Å². The van der Waals surface area contributed by atoms with E-state index in [1.54, 1.807) is 0 Å². The van der Waals surface area contributed by atoms with Crippen LogP contribution in [0.5, 0.6) is 0 Å². The summed E-state index contributed by atoms with van der Waals surface area (Å²) >= 11 is 5.00. The number of thiocarbonyl (C=S) groups is 1. The van der Waals surface area contributed by atoms with Gasteiger partial charge in [-0.15, -0.1) is 0 Å². The van der Waals surface area contributed by atoms with Crippen molar-refractivity contribution in [1.29, 1.82) is 0 Å². The number of fused-ring (bicyclic) bond motifs is 1. The summed E-state index contributed by atoms with van der Waals surface area (Å²) in [5, 5.41) is 6.96. The molecule has 11 heteroatoms. The lowest BCUT2D eigenvalue weighted by atomic mass is 10.00. The molecule has 2 fully saturated rings. The van der Waals surface area contributed by atoms with Gasteiger partial charge in [-0.25, -0.2) is 5.01 Å². The molecule has 7 nitrogen and oxygen atoms in total. The van der Waals surface area contributed by atoms with E-state index in [1.165, 1.54) is 24.9 Å². The van der Waals surface area contributed by atoms with E-state index >= 15 is 0 Å². The minimum atomic E-state index is -4.56. The number of carbonyl (C=O) groups excluding carboxylic acids is 3. The lowest BCUT2D eigenvalue weighted by Gasteiger charge is -2.45. The smallest absolute Gasteiger partial charge is 0.325 e. The number of anilines is 1. The van der Waals surface area contributed by atoms with Gasteiger partial charge in [-0.05, 0) is 44.3 Å². The van der Waals surface area contributed by atoms with Gasteiger partial charge in [0.1, 0.15) is 11.6 Å². The van der Waals surface area contributed by atoms with Gasteiger partial charge in [0.2, 0.25) is 17.7 Å². The van der Waals surface area contributed by atoms with Gasteiger partial charge in [0, 0.05) is 5.69 Å². The Bertz CT molecular complexity index is 856. The van der Waals surface area contributed by atoms with Crippen LogP contribution in [0.3, 0.4) is 0 Å². The summed E-state index contributed by atoms with van der Waals surface area (Å²) in [5.41, 5.74) is -2.24. The van der Waals surface area contributed by atoms with E-state index in [4.69, 9.17) is 12.2 Å². The Labute approximate surface area is 157 Å². The van der Waals surface area contributed by atoms with Crippen LogP contribution in [0.15, 0.2) is 24.3 Å². The Balaban J connectivity index is 1.88. The molecule has 2 saturated heterocycles. The van der Waals surface area contributed by atoms with Gasteiger partial charge in [-0.1, -0.05) is 6.07 Å². The summed E-state index contributed by atoms with van der Waals surface area (Å²) in [5.74, 6) is -1.69. The number of nitrogens with zero attached hydrogens (tertiary/aromatic N) is 2. The van der Waals surface area contributed by atoms with Gasteiger partial charge in [0.25, 0.3) is 0 Å². The summed E-state index contributed by atoms with van der Waals surface area (Å²) in [4.78, 5) is 37.2. The van der Waals surface area contributed by atoms with Gasteiger partial charge in [-0.2, -0.15) is 18.2 Å². The van der Waals surface area contributed by atoms with E-state index in [-0.39, 0.29) is 17.2 Å². The monoisotopic (exact) mass is 400 g/mol. The fourth-order valence-corrected chi connectivity index (χ4v) is 3.34. The highest BCUT2D eigenvalue weighted by molar-refractivity contribution is 7.80. The van der Waals surface area contributed by atoms with Crippen LogP contribution in [0.4, 0.5) is 18.9 Å². The van der Waals surface area contributed by atoms with E-state index in [2.05, 4.69) is 10.6 Å². The van der Waals surface area contributed by atoms with Crippen LogP contribution in [0, 0.1) is 0 Å². The molecule has 0 aliphatic carbocycles. The number of rotatable bonds is 2. The third kappa shape index (κ3) is 3.28. The molecule has 1 unspecified atom stereocenters. The molecular formula is C16H15F3N4O3S. The van der Waals surface area contributed by atoms with Gasteiger partial charge < -0.3 is 5.32 Å². The van der Waals surface area contributed by atoms with Crippen LogP contribution in [0.25, 0.3) is 0 Å². The molecule has 144 valence electrons. The average molecular weight is 400 g/mol. The second-order valence-corrected chi connectivity index (χ2v) is 7.04. The Morgan fingerprint density at radius 3 is 2.63 bits per heavy atom. The second-order valence-electron chi connectivity index (χ2n) is 6.66. The number of carbonyl (C=O) groups is 3. The molecule has 27 heavy (non-hydrogen) atoms. The predicted octanol–water partition coefficient (Wildman–Crippen LogP) is 1.66. The molecule has 1 aromatic rings. The third-order valence-corrected chi connectivity index (χ3v) is 4.69. The zero-order valence-corrected chi connectivity index (χ0v) is 15.1. The van der Waals surface area contributed by atoms with Gasteiger partial charge in [0.15, 0.2) is 5.11 Å². The van der Waals surface area contributed by atoms with Gasteiger partial charge in [-0.3, -0.25) is 19.7 Å². The number of hydrogen-bond acceptors (Lipinski definition) is 5. The van der Waals surface area contributed by atoms with Crippen LogP contribution in [-0.2, 0) is 20.6 Å². The predicted molar refractivity (Wildman–Crippen MR) is 92.0 cm³/mol. The Morgan fingerprint density at radius 1 is 1.33 bits per heavy atom. The van der Waals surface area contributed by atoms with Crippen LogP contribution in [-0.4, -0.2) is 44.4 Å². The van der Waals surface area contributed by atoms with Gasteiger partial charge in [0.05, 0.1) is 12.0 Å². The van der Waals surface area contributed by atoms with E-state index in [1.807, 2.05) is 0 Å². The standard InChI is InChI=1S/C16H15F3N4O3S/c1-15(2)13(26)21-14(27)22-11(24)7-10(23(15)22)12(25)20-9-5-3-4-8(6-9)16(17,18)19/h3-6,10H,7H2,1-2H3,(H,20,25)(H,21,26,27). The third-order valence-electron chi connectivity index (χ3n) is 4.42. The summed E-state index contributed by atoms with van der Waals surface area (Å²) in [6.07, 6.45) is -4.82. The zero-order chi connectivity index (χ0) is 20.1. The first-order valence-corrected chi connectivity index (χ1v) is 8.29. The fourth-order valence-electron chi connectivity index (χ4n) is 3.06. The van der Waals surface area contributed by atoms with Crippen molar-refractivity contribution in [3.8, 4) is 0 Å². The highest BCUT2D eigenvalue weighted by Crippen LogP contribution is 2.34. The Hall–Kier alpha value is -2.53. The fraction of sp³-hybridized carbons (Fsp3) is 0.375. The van der Waals surface area contributed by atoms with Gasteiger partial charge >= 0.3 is 6.18 Å². The van der Waals surface area contributed by atoms with E-state index < -0.39 is 41.0 Å². The second kappa shape index (κ2) is 6.27. The van der Waals surface area contributed by atoms with Crippen molar-refractivity contribution in [2.45, 2.75) is 38.0 Å². The number of hydrazine groups is 1. The molecule has 0 radical (unpaired) electrons. The van der Waals surface area contributed by atoms with Crippen molar-refractivity contribution >= 4 is 40.7 Å². The Morgan fingerprint density at radius 2 is 2.00 bits per heavy atom. The first kappa shape index (κ1) is 19.2. The zero-order valence-electron chi connectivity index (χ0n) is 14.3. The quantitative estimate of drug-likeness (QED) is 0.738. The molecule has 0 aromatic heterocycles. The van der Waals surface area contributed by atoms with Crippen LogP contribution in [0.2, 0.25) is 0 Å². The number of hydrogen-bond donors (Lipinski definition) is 2. The Kier molecular flexibility index (Phi) is 4.47. The maximum absolute atomic E-state index is 12.8. The lowest BCUT2D eigenvalue weighted by Crippen LogP contribution is -2.71. The van der Waals surface area contributed by atoms with Crippen molar-refractivity contribution in [2.24, 2.45) is 0 Å². The minimum absolute atomic E-state index is 0.0671.